The lowest BCUT2D eigenvalue weighted by Crippen LogP contribution is -2.15. The summed E-state index contributed by atoms with van der Waals surface area (Å²) in [4.78, 5) is 11.7. The van der Waals surface area contributed by atoms with Crippen LogP contribution >= 0.6 is 0 Å². The first-order chi connectivity index (χ1) is 8.88. The molecule has 0 radical (unpaired) electrons. The van der Waals surface area contributed by atoms with Gasteiger partial charge >= 0.3 is 0 Å². The van der Waals surface area contributed by atoms with Crippen molar-refractivity contribution in [3.05, 3.63) is 36.2 Å². The molecule has 0 aliphatic rings. The van der Waals surface area contributed by atoms with E-state index in [0.29, 0.717) is 5.69 Å². The number of nitrogens with zero attached hydrogens (tertiary/aromatic N) is 1. The number of sulfonamides is 1. The Balaban J connectivity index is 2.17. The van der Waals surface area contributed by atoms with Gasteiger partial charge in [-0.1, -0.05) is 0 Å². The standard InChI is InChI=1S/C10H11N5O3S/c11-8-5-13-15-9(8)10(16)14-6-1-3-7(4-2-6)19(12,17)18/h1-5H,11H2,(H,13,15)(H,14,16)(H2,12,17,18). The fourth-order valence-electron chi connectivity index (χ4n) is 1.40. The largest absolute Gasteiger partial charge is 0.396 e. The molecule has 0 aliphatic carbocycles. The number of rotatable bonds is 3. The Morgan fingerprint density at radius 2 is 1.89 bits per heavy atom. The molecule has 0 saturated heterocycles. The fourth-order valence-corrected chi connectivity index (χ4v) is 1.91. The lowest BCUT2D eigenvalue weighted by Gasteiger charge is -2.05. The third-order valence-electron chi connectivity index (χ3n) is 2.34. The van der Waals surface area contributed by atoms with Crippen molar-refractivity contribution in [3.8, 4) is 0 Å². The molecule has 19 heavy (non-hydrogen) atoms. The Labute approximate surface area is 108 Å². The fraction of sp³-hybridized carbons (Fsp3) is 0. The maximum Gasteiger partial charge on any atom is 0.275 e. The molecule has 9 heteroatoms. The van der Waals surface area contributed by atoms with Gasteiger partial charge in [0, 0.05) is 5.69 Å². The predicted molar refractivity (Wildman–Crippen MR) is 68.8 cm³/mol. The van der Waals surface area contributed by atoms with E-state index < -0.39 is 15.9 Å². The van der Waals surface area contributed by atoms with Gasteiger partial charge in [-0.2, -0.15) is 5.10 Å². The number of hydrogen-bond donors (Lipinski definition) is 4. The molecular weight excluding hydrogens is 270 g/mol. The molecule has 1 amide bonds. The van der Waals surface area contributed by atoms with Crippen LogP contribution in [-0.2, 0) is 10.0 Å². The Morgan fingerprint density at radius 1 is 1.26 bits per heavy atom. The van der Waals surface area contributed by atoms with Gasteiger partial charge in [0.05, 0.1) is 16.8 Å². The SMILES string of the molecule is Nc1cn[nH]c1C(=O)Nc1ccc(S(N)(=O)=O)cc1. The number of H-pyrrole nitrogens is 1. The number of aromatic amines is 1. The molecule has 0 fully saturated rings. The van der Waals surface area contributed by atoms with Gasteiger partial charge < -0.3 is 11.1 Å². The zero-order valence-corrected chi connectivity index (χ0v) is 10.4. The first-order valence-corrected chi connectivity index (χ1v) is 6.65. The maximum atomic E-state index is 11.8. The average molecular weight is 281 g/mol. The van der Waals surface area contributed by atoms with Gasteiger partial charge in [0.2, 0.25) is 10.0 Å². The number of benzene rings is 1. The molecule has 100 valence electrons. The zero-order valence-electron chi connectivity index (χ0n) is 9.62. The van der Waals surface area contributed by atoms with E-state index in [1.807, 2.05) is 0 Å². The molecule has 0 saturated carbocycles. The summed E-state index contributed by atoms with van der Waals surface area (Å²) < 4.78 is 22.1. The Kier molecular flexibility index (Phi) is 3.23. The quantitative estimate of drug-likeness (QED) is 0.620. The van der Waals surface area contributed by atoms with E-state index in [1.54, 1.807) is 0 Å². The third-order valence-corrected chi connectivity index (χ3v) is 3.27. The van der Waals surface area contributed by atoms with E-state index in [9.17, 15) is 13.2 Å². The summed E-state index contributed by atoms with van der Waals surface area (Å²) in [5.41, 5.74) is 6.29. The number of anilines is 2. The summed E-state index contributed by atoms with van der Waals surface area (Å²) in [6, 6.07) is 5.43. The first kappa shape index (κ1) is 13.1. The van der Waals surface area contributed by atoms with Crippen molar-refractivity contribution in [2.75, 3.05) is 11.1 Å². The minimum atomic E-state index is -3.75. The monoisotopic (exact) mass is 281 g/mol. The van der Waals surface area contributed by atoms with Crippen molar-refractivity contribution < 1.29 is 13.2 Å². The van der Waals surface area contributed by atoms with E-state index in [0.717, 1.165) is 0 Å². The van der Waals surface area contributed by atoms with Crippen molar-refractivity contribution in [2.45, 2.75) is 4.90 Å². The summed E-state index contributed by atoms with van der Waals surface area (Å²) in [5, 5.41) is 13.6. The van der Waals surface area contributed by atoms with Crippen molar-refractivity contribution >= 4 is 27.3 Å². The van der Waals surface area contributed by atoms with Crippen LogP contribution in [0.15, 0.2) is 35.4 Å². The summed E-state index contributed by atoms with van der Waals surface area (Å²) >= 11 is 0. The third kappa shape index (κ3) is 2.89. The zero-order chi connectivity index (χ0) is 14.0. The Morgan fingerprint density at radius 3 is 2.37 bits per heavy atom. The van der Waals surface area contributed by atoms with Gasteiger partial charge in [0.15, 0.2) is 0 Å². The van der Waals surface area contributed by atoms with Crippen molar-refractivity contribution in [1.29, 1.82) is 0 Å². The van der Waals surface area contributed by atoms with E-state index >= 15 is 0 Å². The summed E-state index contributed by atoms with van der Waals surface area (Å²) in [6.45, 7) is 0. The molecule has 6 N–H and O–H groups in total. The molecule has 1 aromatic carbocycles. The Hall–Kier alpha value is -2.39. The minimum absolute atomic E-state index is 0.0356. The van der Waals surface area contributed by atoms with E-state index in [1.165, 1.54) is 30.5 Å². The van der Waals surface area contributed by atoms with Crippen LogP contribution in [0, 0.1) is 0 Å². The molecule has 0 bridgehead atoms. The van der Waals surface area contributed by atoms with Gasteiger partial charge in [-0.25, -0.2) is 13.6 Å². The van der Waals surface area contributed by atoms with Gasteiger partial charge in [-0.15, -0.1) is 0 Å². The number of carbonyl (C=O) groups excluding carboxylic acids is 1. The molecule has 0 aliphatic heterocycles. The molecule has 1 aromatic heterocycles. The second-order valence-electron chi connectivity index (χ2n) is 3.72. The number of amides is 1. The molecule has 0 atom stereocenters. The number of primary sulfonamides is 1. The van der Waals surface area contributed by atoms with Crippen LogP contribution in [0.4, 0.5) is 11.4 Å². The molecule has 2 aromatic rings. The van der Waals surface area contributed by atoms with Crippen LogP contribution in [0.1, 0.15) is 10.5 Å². The molecule has 1 heterocycles. The number of carbonyl (C=O) groups is 1. The van der Waals surface area contributed by atoms with Gasteiger partial charge in [-0.05, 0) is 24.3 Å². The normalized spacial score (nSPS) is 11.2. The first-order valence-electron chi connectivity index (χ1n) is 5.11. The van der Waals surface area contributed by atoms with Crippen LogP contribution in [0.5, 0.6) is 0 Å². The van der Waals surface area contributed by atoms with Gasteiger partial charge in [-0.3, -0.25) is 9.89 Å². The van der Waals surface area contributed by atoms with Crippen LogP contribution in [-0.4, -0.2) is 24.5 Å². The second kappa shape index (κ2) is 4.71. The van der Waals surface area contributed by atoms with E-state index in [-0.39, 0.29) is 16.3 Å². The predicted octanol–water partition coefficient (Wildman–Crippen LogP) is -0.108. The highest BCUT2D eigenvalue weighted by atomic mass is 32.2. The lowest BCUT2D eigenvalue weighted by molar-refractivity contribution is 0.102. The number of nitrogen functional groups attached to an aromatic ring is 1. The second-order valence-corrected chi connectivity index (χ2v) is 5.29. The number of nitrogens with one attached hydrogen (secondary N) is 2. The van der Waals surface area contributed by atoms with Crippen molar-refractivity contribution in [2.24, 2.45) is 5.14 Å². The Bertz CT molecular complexity index is 705. The van der Waals surface area contributed by atoms with Crippen LogP contribution in [0.3, 0.4) is 0 Å². The summed E-state index contributed by atoms with van der Waals surface area (Å²) in [6.07, 6.45) is 1.32. The number of hydrogen-bond acceptors (Lipinski definition) is 5. The van der Waals surface area contributed by atoms with Gasteiger partial charge in [0.1, 0.15) is 5.69 Å². The molecule has 8 nitrogen and oxygen atoms in total. The van der Waals surface area contributed by atoms with Crippen molar-refractivity contribution in [1.82, 2.24) is 10.2 Å². The van der Waals surface area contributed by atoms with E-state index in [4.69, 9.17) is 10.9 Å². The summed E-state index contributed by atoms with van der Waals surface area (Å²) in [5.74, 6) is -0.474. The molecule has 0 unspecified atom stereocenters. The summed E-state index contributed by atoms with van der Waals surface area (Å²) in [7, 11) is -3.75. The van der Waals surface area contributed by atoms with Crippen LogP contribution < -0.4 is 16.2 Å². The maximum absolute atomic E-state index is 11.8. The van der Waals surface area contributed by atoms with Gasteiger partial charge in [0.25, 0.3) is 5.91 Å². The molecule has 0 spiro atoms. The molecular formula is C10H11N5O3S. The van der Waals surface area contributed by atoms with Crippen LogP contribution in [0.25, 0.3) is 0 Å². The number of nitrogens with two attached hydrogens (primary N) is 2. The average Bonchev–Trinajstić information content (AvgIpc) is 2.75. The molecule has 2 rings (SSSR count). The minimum Gasteiger partial charge on any atom is -0.396 e. The van der Waals surface area contributed by atoms with E-state index in [2.05, 4.69) is 15.5 Å². The highest BCUT2D eigenvalue weighted by Crippen LogP contribution is 2.14. The van der Waals surface area contributed by atoms with Crippen molar-refractivity contribution in [3.63, 3.8) is 0 Å². The number of aromatic nitrogens is 2. The highest BCUT2D eigenvalue weighted by Gasteiger charge is 2.12. The van der Waals surface area contributed by atoms with Crippen LogP contribution in [0.2, 0.25) is 0 Å². The topological polar surface area (TPSA) is 144 Å². The smallest absolute Gasteiger partial charge is 0.275 e. The lowest BCUT2D eigenvalue weighted by atomic mass is 10.3. The highest BCUT2D eigenvalue weighted by molar-refractivity contribution is 7.89.